The molecular weight excluding hydrogens is 230 g/mol. The van der Waals surface area contributed by atoms with E-state index in [1.165, 1.54) is 0 Å². The van der Waals surface area contributed by atoms with Gasteiger partial charge < -0.3 is 19.5 Å². The Kier molecular flexibility index (Phi) is 5.72. The summed E-state index contributed by atoms with van der Waals surface area (Å²) in [5.41, 5.74) is 0.919. The van der Waals surface area contributed by atoms with Crippen molar-refractivity contribution in [3.63, 3.8) is 0 Å². The van der Waals surface area contributed by atoms with Crippen molar-refractivity contribution in [2.45, 2.75) is 13.3 Å². The van der Waals surface area contributed by atoms with E-state index in [-0.39, 0.29) is 0 Å². The lowest BCUT2D eigenvalue weighted by atomic mass is 10.2. The zero-order valence-corrected chi connectivity index (χ0v) is 11.3. The summed E-state index contributed by atoms with van der Waals surface area (Å²) in [6.07, 6.45) is 0.799. The normalized spacial score (nSPS) is 9.11. The van der Waals surface area contributed by atoms with E-state index < -0.39 is 0 Å². The van der Waals surface area contributed by atoms with Crippen LogP contribution >= 0.6 is 0 Å². The van der Waals surface area contributed by atoms with Crippen molar-refractivity contribution in [2.75, 3.05) is 33.2 Å². The van der Waals surface area contributed by atoms with Crippen molar-refractivity contribution < 1.29 is 14.2 Å². The average molecular weight is 249 g/mol. The number of rotatable bonds is 6. The number of hydrogen-bond donors (Lipinski definition) is 1. The fourth-order valence-electron chi connectivity index (χ4n) is 1.58. The highest BCUT2D eigenvalue weighted by Gasteiger charge is 2.12. The van der Waals surface area contributed by atoms with Gasteiger partial charge in [-0.15, -0.1) is 11.8 Å². The van der Waals surface area contributed by atoms with Gasteiger partial charge in [0.2, 0.25) is 5.75 Å². The molecule has 1 rings (SSSR count). The second-order valence-electron chi connectivity index (χ2n) is 3.52. The van der Waals surface area contributed by atoms with Crippen LogP contribution < -0.4 is 19.5 Å². The van der Waals surface area contributed by atoms with Gasteiger partial charge in [0.15, 0.2) is 11.5 Å². The van der Waals surface area contributed by atoms with Gasteiger partial charge in [-0.05, 0) is 6.92 Å². The highest BCUT2D eigenvalue weighted by molar-refractivity contribution is 5.62. The fraction of sp³-hybridized carbons (Fsp3) is 0.429. The molecule has 0 unspecified atom stereocenters. The molecule has 0 bridgehead atoms. The van der Waals surface area contributed by atoms with Crippen LogP contribution in [0.25, 0.3) is 0 Å². The first-order valence-corrected chi connectivity index (χ1v) is 5.70. The minimum absolute atomic E-state index is 0.596. The summed E-state index contributed by atoms with van der Waals surface area (Å²) >= 11 is 0. The maximum absolute atomic E-state index is 5.27. The predicted molar refractivity (Wildman–Crippen MR) is 72.7 cm³/mol. The number of methoxy groups -OCH3 is 3. The van der Waals surface area contributed by atoms with Gasteiger partial charge in [0.25, 0.3) is 0 Å². The van der Waals surface area contributed by atoms with E-state index in [1.54, 1.807) is 21.3 Å². The van der Waals surface area contributed by atoms with E-state index in [0.29, 0.717) is 17.2 Å². The van der Waals surface area contributed by atoms with E-state index in [1.807, 2.05) is 19.1 Å². The molecular formula is C14H19NO3. The molecule has 18 heavy (non-hydrogen) atoms. The van der Waals surface area contributed by atoms with Gasteiger partial charge in [-0.1, -0.05) is 0 Å². The fourth-order valence-corrected chi connectivity index (χ4v) is 1.58. The summed E-state index contributed by atoms with van der Waals surface area (Å²) < 4.78 is 15.8. The molecule has 4 nitrogen and oxygen atoms in total. The highest BCUT2D eigenvalue weighted by Crippen LogP contribution is 2.39. The van der Waals surface area contributed by atoms with Gasteiger partial charge in [0.1, 0.15) is 0 Å². The van der Waals surface area contributed by atoms with Crippen LogP contribution in [-0.2, 0) is 0 Å². The van der Waals surface area contributed by atoms with E-state index in [4.69, 9.17) is 14.2 Å². The van der Waals surface area contributed by atoms with E-state index >= 15 is 0 Å². The van der Waals surface area contributed by atoms with Crippen molar-refractivity contribution in [1.29, 1.82) is 0 Å². The SMILES string of the molecule is CC#CCCNc1cc(OC)c(OC)c(OC)c1. The summed E-state index contributed by atoms with van der Waals surface area (Å²) in [7, 11) is 4.79. The van der Waals surface area contributed by atoms with Crippen LogP contribution in [0.3, 0.4) is 0 Å². The summed E-state index contributed by atoms with van der Waals surface area (Å²) in [6.45, 7) is 2.61. The predicted octanol–water partition coefficient (Wildman–Crippen LogP) is 2.54. The van der Waals surface area contributed by atoms with Crippen LogP contribution in [0.15, 0.2) is 12.1 Å². The molecule has 0 aliphatic carbocycles. The summed E-state index contributed by atoms with van der Waals surface area (Å²) in [5.74, 6) is 7.73. The molecule has 0 amide bonds. The lowest BCUT2D eigenvalue weighted by Crippen LogP contribution is -2.02. The molecule has 1 aromatic rings. The molecule has 0 radical (unpaired) electrons. The van der Waals surface area contributed by atoms with Crippen molar-refractivity contribution in [1.82, 2.24) is 0 Å². The minimum atomic E-state index is 0.596. The Morgan fingerprint density at radius 3 is 2.11 bits per heavy atom. The molecule has 0 aromatic heterocycles. The Hall–Kier alpha value is -2.02. The van der Waals surface area contributed by atoms with Crippen LogP contribution in [0.1, 0.15) is 13.3 Å². The van der Waals surface area contributed by atoms with Crippen LogP contribution in [-0.4, -0.2) is 27.9 Å². The van der Waals surface area contributed by atoms with Crippen molar-refractivity contribution >= 4 is 5.69 Å². The van der Waals surface area contributed by atoms with Crippen molar-refractivity contribution in [3.05, 3.63) is 12.1 Å². The van der Waals surface area contributed by atoms with E-state index in [2.05, 4.69) is 17.2 Å². The Labute approximate surface area is 108 Å². The topological polar surface area (TPSA) is 39.7 Å². The Morgan fingerprint density at radius 1 is 1.06 bits per heavy atom. The van der Waals surface area contributed by atoms with Crippen LogP contribution in [0.2, 0.25) is 0 Å². The summed E-state index contributed by atoms with van der Waals surface area (Å²) in [4.78, 5) is 0. The largest absolute Gasteiger partial charge is 0.493 e. The van der Waals surface area contributed by atoms with Gasteiger partial charge in [-0.2, -0.15) is 0 Å². The molecule has 0 heterocycles. The molecule has 0 saturated heterocycles. The molecule has 1 aromatic carbocycles. The third kappa shape index (κ3) is 3.49. The first-order valence-electron chi connectivity index (χ1n) is 5.70. The maximum atomic E-state index is 5.27. The molecule has 0 spiro atoms. The Morgan fingerprint density at radius 2 is 1.67 bits per heavy atom. The first-order chi connectivity index (χ1) is 8.76. The van der Waals surface area contributed by atoms with Crippen LogP contribution in [0.5, 0.6) is 17.2 Å². The molecule has 98 valence electrons. The lowest BCUT2D eigenvalue weighted by molar-refractivity contribution is 0.324. The number of benzene rings is 1. The van der Waals surface area contributed by atoms with Gasteiger partial charge in [-0.3, -0.25) is 0 Å². The third-order valence-electron chi connectivity index (χ3n) is 2.42. The van der Waals surface area contributed by atoms with E-state index in [9.17, 15) is 0 Å². The lowest BCUT2D eigenvalue weighted by Gasteiger charge is -2.14. The van der Waals surface area contributed by atoms with Crippen molar-refractivity contribution in [3.8, 4) is 29.1 Å². The Balaban J connectivity index is 2.88. The third-order valence-corrected chi connectivity index (χ3v) is 2.42. The van der Waals surface area contributed by atoms with Gasteiger partial charge in [0, 0.05) is 30.8 Å². The highest BCUT2D eigenvalue weighted by atomic mass is 16.5. The van der Waals surface area contributed by atoms with Crippen molar-refractivity contribution in [2.24, 2.45) is 0 Å². The maximum Gasteiger partial charge on any atom is 0.203 e. The second-order valence-corrected chi connectivity index (χ2v) is 3.52. The summed E-state index contributed by atoms with van der Waals surface area (Å²) in [5, 5.41) is 3.26. The molecule has 0 atom stereocenters. The van der Waals surface area contributed by atoms with Gasteiger partial charge in [0.05, 0.1) is 21.3 Å². The summed E-state index contributed by atoms with van der Waals surface area (Å²) in [6, 6.07) is 3.75. The molecule has 1 N–H and O–H groups in total. The zero-order chi connectivity index (χ0) is 13.4. The molecule has 0 saturated carbocycles. The van der Waals surface area contributed by atoms with Crippen LogP contribution in [0.4, 0.5) is 5.69 Å². The standard InChI is InChI=1S/C14H19NO3/c1-5-6-7-8-15-11-9-12(16-2)14(18-4)13(10-11)17-3/h9-10,15H,7-8H2,1-4H3. The average Bonchev–Trinajstić information content (AvgIpc) is 2.42. The number of hydrogen-bond acceptors (Lipinski definition) is 4. The number of anilines is 1. The smallest absolute Gasteiger partial charge is 0.203 e. The van der Waals surface area contributed by atoms with Gasteiger partial charge in [-0.25, -0.2) is 0 Å². The quantitative estimate of drug-likeness (QED) is 0.621. The monoisotopic (exact) mass is 249 g/mol. The second kappa shape index (κ2) is 7.33. The Bertz CT molecular complexity index is 421. The molecule has 0 fully saturated rings. The molecule has 4 heteroatoms. The zero-order valence-electron chi connectivity index (χ0n) is 11.3. The van der Waals surface area contributed by atoms with Gasteiger partial charge >= 0.3 is 0 Å². The molecule has 0 aliphatic heterocycles. The first kappa shape index (κ1) is 14.0. The molecule has 0 aliphatic rings. The number of ether oxygens (including phenoxy) is 3. The van der Waals surface area contributed by atoms with E-state index in [0.717, 1.165) is 18.7 Å². The minimum Gasteiger partial charge on any atom is -0.493 e. The number of nitrogens with one attached hydrogen (secondary N) is 1. The van der Waals surface area contributed by atoms with Crippen LogP contribution in [0, 0.1) is 11.8 Å².